The lowest BCUT2D eigenvalue weighted by Gasteiger charge is -2.29. The maximum absolute atomic E-state index is 14.2. The molecule has 0 radical (unpaired) electrons. The average molecular weight is 570 g/mol. The number of amides is 1. The van der Waals surface area contributed by atoms with Crippen LogP contribution < -0.4 is 9.64 Å². The van der Waals surface area contributed by atoms with Gasteiger partial charge in [-0.15, -0.1) is 11.8 Å². The molecule has 1 amide bonds. The summed E-state index contributed by atoms with van der Waals surface area (Å²) in [6, 6.07) is 18.5. The smallest absolute Gasteiger partial charge is 0.339 e. The molecule has 3 aromatic rings. The first-order chi connectivity index (χ1) is 18.7. The van der Waals surface area contributed by atoms with Crippen molar-refractivity contribution in [3.05, 3.63) is 93.0 Å². The number of carbonyl (C=O) groups excluding carboxylic acids is 2. The van der Waals surface area contributed by atoms with Gasteiger partial charge in [-0.3, -0.25) is 14.9 Å². The number of thioether (sulfide) groups is 1. The molecule has 0 bridgehead atoms. The number of halogens is 1. The van der Waals surface area contributed by atoms with Gasteiger partial charge >= 0.3 is 5.97 Å². The topological polar surface area (TPSA) is 102 Å². The summed E-state index contributed by atoms with van der Waals surface area (Å²) in [7, 11) is 3.53. The monoisotopic (exact) mass is 569 g/mol. The Labute approximate surface area is 235 Å². The SMILES string of the molecule is CCN(C)CCN1C(=O)C(OC(=O)c2ccc(Cl)c([N+](=O)[O-])c2)C(c2ccc(OC)cc2)Sc2ccccc21. The van der Waals surface area contributed by atoms with Crippen LogP contribution >= 0.6 is 23.4 Å². The fraction of sp³-hybridized carbons (Fsp3) is 0.286. The number of likely N-dealkylation sites (N-methyl/N-ethyl adjacent to an activating group) is 1. The van der Waals surface area contributed by atoms with Gasteiger partial charge in [0, 0.05) is 24.1 Å². The number of para-hydroxylation sites is 1. The van der Waals surface area contributed by atoms with Crippen molar-refractivity contribution < 1.29 is 24.0 Å². The zero-order chi connectivity index (χ0) is 28.1. The van der Waals surface area contributed by atoms with Crippen LogP contribution in [0.15, 0.2) is 71.6 Å². The number of benzene rings is 3. The van der Waals surface area contributed by atoms with E-state index < -0.39 is 27.9 Å². The summed E-state index contributed by atoms with van der Waals surface area (Å²) < 4.78 is 11.2. The molecule has 9 nitrogen and oxygen atoms in total. The number of anilines is 1. The van der Waals surface area contributed by atoms with Gasteiger partial charge in [-0.05, 0) is 55.6 Å². The maximum atomic E-state index is 14.2. The van der Waals surface area contributed by atoms with Crippen molar-refractivity contribution in [1.29, 1.82) is 0 Å². The number of nitro benzene ring substituents is 1. The van der Waals surface area contributed by atoms with E-state index in [0.29, 0.717) is 18.8 Å². The predicted octanol–water partition coefficient (Wildman–Crippen LogP) is 5.61. The number of esters is 1. The third-order valence-electron chi connectivity index (χ3n) is 6.50. The zero-order valence-corrected chi connectivity index (χ0v) is 23.3. The molecule has 0 aliphatic carbocycles. The highest BCUT2D eigenvalue weighted by atomic mass is 35.5. The minimum Gasteiger partial charge on any atom is -0.497 e. The number of nitrogens with zero attached hydrogens (tertiary/aromatic N) is 3. The number of hydrogen-bond acceptors (Lipinski definition) is 8. The number of hydrogen-bond donors (Lipinski definition) is 0. The van der Waals surface area contributed by atoms with Crippen LogP contribution in [0.25, 0.3) is 0 Å². The number of methoxy groups -OCH3 is 1. The van der Waals surface area contributed by atoms with Crippen LogP contribution in [-0.4, -0.2) is 61.6 Å². The summed E-state index contributed by atoms with van der Waals surface area (Å²) in [6.07, 6.45) is -1.22. The van der Waals surface area contributed by atoms with Crippen LogP contribution in [0, 0.1) is 10.1 Å². The van der Waals surface area contributed by atoms with E-state index >= 15 is 0 Å². The van der Waals surface area contributed by atoms with Crippen LogP contribution in [0.1, 0.15) is 28.1 Å². The van der Waals surface area contributed by atoms with Crippen molar-refractivity contribution in [3.63, 3.8) is 0 Å². The van der Waals surface area contributed by atoms with Crippen LogP contribution in [0.2, 0.25) is 5.02 Å². The Bertz CT molecular complexity index is 1370. The fourth-order valence-corrected chi connectivity index (χ4v) is 5.66. The highest BCUT2D eigenvalue weighted by Gasteiger charge is 2.41. The standard InChI is InChI=1S/C28H28ClN3O6S/c1-4-30(2)15-16-31-22-7-5-6-8-24(22)39-26(18-9-12-20(37-3)13-10-18)25(27(31)33)38-28(34)19-11-14-21(29)23(17-19)32(35)36/h5-14,17,25-26H,4,15-16H2,1-3H3. The first kappa shape index (κ1) is 28.4. The van der Waals surface area contributed by atoms with Crippen molar-refractivity contribution in [2.75, 3.05) is 38.7 Å². The van der Waals surface area contributed by atoms with Gasteiger partial charge in [0.15, 0.2) is 6.10 Å². The van der Waals surface area contributed by atoms with Crippen molar-refractivity contribution in [1.82, 2.24) is 4.90 Å². The number of nitro groups is 1. The minimum absolute atomic E-state index is 0.0728. The first-order valence-electron chi connectivity index (χ1n) is 12.3. The molecule has 0 N–H and O–H groups in total. The van der Waals surface area contributed by atoms with E-state index in [9.17, 15) is 19.7 Å². The van der Waals surface area contributed by atoms with Crippen molar-refractivity contribution in [2.45, 2.75) is 23.2 Å². The van der Waals surface area contributed by atoms with E-state index in [0.717, 1.165) is 28.8 Å². The number of ether oxygens (including phenoxy) is 2. The molecule has 204 valence electrons. The Morgan fingerprint density at radius 3 is 2.54 bits per heavy atom. The number of rotatable bonds is 9. The van der Waals surface area contributed by atoms with E-state index in [1.54, 1.807) is 24.1 Å². The van der Waals surface area contributed by atoms with E-state index in [1.807, 2.05) is 50.4 Å². The molecule has 0 fully saturated rings. The summed E-state index contributed by atoms with van der Waals surface area (Å²) in [6.45, 7) is 3.83. The van der Waals surface area contributed by atoms with Crippen molar-refractivity contribution in [2.24, 2.45) is 0 Å². The highest BCUT2D eigenvalue weighted by Crippen LogP contribution is 2.47. The normalized spacial score (nSPS) is 16.9. The van der Waals surface area contributed by atoms with Crippen molar-refractivity contribution >= 4 is 46.6 Å². The van der Waals surface area contributed by atoms with Crippen LogP contribution in [0.5, 0.6) is 5.75 Å². The highest BCUT2D eigenvalue weighted by molar-refractivity contribution is 7.99. The molecule has 1 aliphatic heterocycles. The molecule has 39 heavy (non-hydrogen) atoms. The van der Waals surface area contributed by atoms with Crippen LogP contribution in [-0.2, 0) is 9.53 Å². The molecule has 0 aromatic heterocycles. The molecular formula is C28H28ClN3O6S. The van der Waals surface area contributed by atoms with Gasteiger partial charge in [0.05, 0.1) is 28.5 Å². The predicted molar refractivity (Wildman–Crippen MR) is 151 cm³/mol. The second-order valence-corrected chi connectivity index (χ2v) is 10.5. The molecule has 2 unspecified atom stereocenters. The average Bonchev–Trinajstić information content (AvgIpc) is 3.06. The Kier molecular flexibility index (Phi) is 9.11. The second-order valence-electron chi connectivity index (χ2n) is 8.91. The van der Waals surface area contributed by atoms with Gasteiger partial charge in [0.1, 0.15) is 10.8 Å². The van der Waals surface area contributed by atoms with Gasteiger partial charge in [-0.25, -0.2) is 4.79 Å². The lowest BCUT2D eigenvalue weighted by Crippen LogP contribution is -2.45. The van der Waals surface area contributed by atoms with Gasteiger partial charge in [0.25, 0.3) is 11.6 Å². The largest absolute Gasteiger partial charge is 0.497 e. The van der Waals surface area contributed by atoms with Gasteiger partial charge in [-0.2, -0.15) is 0 Å². The van der Waals surface area contributed by atoms with E-state index in [2.05, 4.69) is 4.90 Å². The molecule has 0 spiro atoms. The summed E-state index contributed by atoms with van der Waals surface area (Å²) in [5.74, 6) is -0.589. The number of carbonyl (C=O) groups is 2. The molecule has 11 heteroatoms. The van der Waals surface area contributed by atoms with Crippen LogP contribution in [0.4, 0.5) is 11.4 Å². The second kappa shape index (κ2) is 12.5. The summed E-state index contributed by atoms with van der Waals surface area (Å²) in [5, 5.41) is 10.7. The zero-order valence-electron chi connectivity index (χ0n) is 21.7. The summed E-state index contributed by atoms with van der Waals surface area (Å²) in [5.41, 5.74) is 1.000. The molecule has 4 rings (SSSR count). The van der Waals surface area contributed by atoms with Gasteiger partial charge in [-0.1, -0.05) is 42.8 Å². The van der Waals surface area contributed by atoms with Crippen LogP contribution in [0.3, 0.4) is 0 Å². The summed E-state index contributed by atoms with van der Waals surface area (Å²) >= 11 is 7.36. The lowest BCUT2D eigenvalue weighted by molar-refractivity contribution is -0.384. The minimum atomic E-state index is -1.22. The number of fused-ring (bicyclic) bond motifs is 1. The maximum Gasteiger partial charge on any atom is 0.339 e. The third-order valence-corrected chi connectivity index (χ3v) is 8.19. The molecule has 3 aromatic carbocycles. The van der Waals surface area contributed by atoms with Gasteiger partial charge < -0.3 is 19.3 Å². The quantitative estimate of drug-likeness (QED) is 0.186. The van der Waals surface area contributed by atoms with E-state index in [1.165, 1.54) is 23.9 Å². The Balaban J connectivity index is 1.77. The molecular weight excluding hydrogens is 542 g/mol. The van der Waals surface area contributed by atoms with E-state index in [4.69, 9.17) is 21.1 Å². The van der Waals surface area contributed by atoms with Gasteiger partial charge in [0.2, 0.25) is 0 Å². The van der Waals surface area contributed by atoms with Crippen molar-refractivity contribution in [3.8, 4) is 5.75 Å². The molecule has 1 heterocycles. The fourth-order valence-electron chi connectivity index (χ4n) is 4.15. The molecule has 2 atom stereocenters. The molecule has 0 saturated heterocycles. The van der Waals surface area contributed by atoms with E-state index in [-0.39, 0.29) is 16.5 Å². The molecule has 1 aliphatic rings. The summed E-state index contributed by atoms with van der Waals surface area (Å²) in [4.78, 5) is 42.8. The molecule has 0 saturated carbocycles. The first-order valence-corrected chi connectivity index (χ1v) is 13.5. The Hall–Kier alpha value is -3.60. The third kappa shape index (κ3) is 6.35. The Morgan fingerprint density at radius 2 is 1.87 bits per heavy atom. The lowest BCUT2D eigenvalue weighted by atomic mass is 10.0. The Morgan fingerprint density at radius 1 is 1.15 bits per heavy atom.